The smallest absolute Gasteiger partial charge is 0.328 e. The molecule has 1 fully saturated rings. The highest BCUT2D eigenvalue weighted by molar-refractivity contribution is 5.81. The van der Waals surface area contributed by atoms with Crippen LogP contribution in [0, 0.1) is 5.41 Å². The quantitative estimate of drug-likeness (QED) is 0.456. The lowest BCUT2D eigenvalue weighted by Crippen LogP contribution is -2.34. The number of allylic oxidation sites excluding steroid dienone is 3. The molecule has 2 aliphatic rings. The average Bonchev–Trinajstić information content (AvgIpc) is 2.99. The van der Waals surface area contributed by atoms with Gasteiger partial charge >= 0.3 is 5.97 Å². The van der Waals surface area contributed by atoms with Crippen molar-refractivity contribution in [1.29, 1.82) is 0 Å². The molecule has 28 heavy (non-hydrogen) atoms. The SMILES string of the molecule is CC(/C=C/[C@]1(C)CCC[C@@H]1c1ccc2c(c1)C(C)(C)CCC2(C)C)=C\C(=O)O. The van der Waals surface area contributed by atoms with Gasteiger partial charge in [-0.2, -0.15) is 0 Å². The van der Waals surface area contributed by atoms with E-state index in [2.05, 4.69) is 58.9 Å². The van der Waals surface area contributed by atoms with E-state index in [1.807, 2.05) is 13.0 Å². The van der Waals surface area contributed by atoms with Crippen molar-refractivity contribution in [3.8, 4) is 0 Å². The summed E-state index contributed by atoms with van der Waals surface area (Å²) in [6, 6.07) is 7.26. The second-order valence-electron chi connectivity index (χ2n) is 10.6. The number of rotatable bonds is 4. The molecule has 0 unspecified atom stereocenters. The predicted molar refractivity (Wildman–Crippen MR) is 117 cm³/mol. The second-order valence-corrected chi connectivity index (χ2v) is 10.6. The van der Waals surface area contributed by atoms with Gasteiger partial charge in [0.15, 0.2) is 0 Å². The summed E-state index contributed by atoms with van der Waals surface area (Å²) in [5.74, 6) is -0.387. The Morgan fingerprint density at radius 3 is 2.32 bits per heavy atom. The normalized spacial score (nSPS) is 29.1. The van der Waals surface area contributed by atoms with Crippen LogP contribution in [-0.4, -0.2) is 11.1 Å². The van der Waals surface area contributed by atoms with E-state index >= 15 is 0 Å². The molecule has 0 aliphatic heterocycles. The number of fused-ring (bicyclic) bond motifs is 1. The van der Waals surface area contributed by atoms with Crippen molar-refractivity contribution >= 4 is 5.97 Å². The monoisotopic (exact) mass is 380 g/mol. The minimum absolute atomic E-state index is 0.0795. The van der Waals surface area contributed by atoms with Gasteiger partial charge in [-0.25, -0.2) is 4.79 Å². The van der Waals surface area contributed by atoms with E-state index < -0.39 is 5.97 Å². The highest BCUT2D eigenvalue weighted by Crippen LogP contribution is 2.52. The molecule has 0 heterocycles. The number of carbonyl (C=O) groups is 1. The van der Waals surface area contributed by atoms with Crippen LogP contribution in [0.3, 0.4) is 0 Å². The van der Waals surface area contributed by atoms with Gasteiger partial charge in [-0.1, -0.05) is 71.4 Å². The van der Waals surface area contributed by atoms with Crippen LogP contribution in [0.2, 0.25) is 0 Å². The maximum absolute atomic E-state index is 10.9. The van der Waals surface area contributed by atoms with Crippen LogP contribution in [0.5, 0.6) is 0 Å². The van der Waals surface area contributed by atoms with Crippen molar-refractivity contribution in [2.45, 2.75) is 90.4 Å². The predicted octanol–water partition coefficient (Wildman–Crippen LogP) is 6.90. The molecule has 0 saturated heterocycles. The first-order valence-electron chi connectivity index (χ1n) is 10.7. The summed E-state index contributed by atoms with van der Waals surface area (Å²) in [7, 11) is 0. The standard InChI is InChI=1S/C26H36O2/c1-18(16-23(27)28)11-13-26(6)12-7-8-20(26)19-9-10-21-22(17-19)25(4,5)15-14-24(21,2)3/h9-11,13,16-17,20H,7-8,12,14-15H2,1-6H3,(H,27,28)/b13-11+,18-16+/t20-,26+/m1/s1. The summed E-state index contributed by atoms with van der Waals surface area (Å²) >= 11 is 0. The van der Waals surface area contributed by atoms with E-state index in [4.69, 9.17) is 5.11 Å². The van der Waals surface area contributed by atoms with Crippen molar-refractivity contribution in [2.75, 3.05) is 0 Å². The maximum atomic E-state index is 10.9. The first-order chi connectivity index (χ1) is 12.9. The molecule has 152 valence electrons. The fourth-order valence-electron chi connectivity index (χ4n) is 5.33. The van der Waals surface area contributed by atoms with Gasteiger partial charge in [-0.15, -0.1) is 0 Å². The Bertz CT molecular complexity index is 825. The van der Waals surface area contributed by atoms with Crippen LogP contribution < -0.4 is 0 Å². The van der Waals surface area contributed by atoms with Gasteiger partial charge in [0.1, 0.15) is 0 Å². The first kappa shape index (κ1) is 20.9. The van der Waals surface area contributed by atoms with Crippen LogP contribution in [0.25, 0.3) is 0 Å². The fourth-order valence-corrected chi connectivity index (χ4v) is 5.33. The summed E-state index contributed by atoms with van der Waals surface area (Å²) in [4.78, 5) is 10.9. The largest absolute Gasteiger partial charge is 0.478 e. The van der Waals surface area contributed by atoms with Gasteiger partial charge in [-0.3, -0.25) is 0 Å². The molecule has 2 atom stereocenters. The third kappa shape index (κ3) is 3.97. The molecular formula is C26H36O2. The van der Waals surface area contributed by atoms with E-state index in [9.17, 15) is 4.79 Å². The third-order valence-corrected chi connectivity index (χ3v) is 7.36. The van der Waals surface area contributed by atoms with Crippen LogP contribution >= 0.6 is 0 Å². The molecule has 1 N–H and O–H groups in total. The first-order valence-corrected chi connectivity index (χ1v) is 10.7. The maximum Gasteiger partial charge on any atom is 0.328 e. The zero-order valence-electron chi connectivity index (χ0n) is 18.4. The van der Waals surface area contributed by atoms with E-state index in [-0.39, 0.29) is 16.2 Å². The Kier molecular flexibility index (Phi) is 5.38. The van der Waals surface area contributed by atoms with Crippen molar-refractivity contribution < 1.29 is 9.90 Å². The Morgan fingerprint density at radius 1 is 1.04 bits per heavy atom. The van der Waals surface area contributed by atoms with Crippen molar-refractivity contribution in [1.82, 2.24) is 0 Å². The zero-order chi connectivity index (χ0) is 20.7. The third-order valence-electron chi connectivity index (χ3n) is 7.36. The van der Waals surface area contributed by atoms with Crippen LogP contribution in [0.1, 0.15) is 96.3 Å². The minimum Gasteiger partial charge on any atom is -0.478 e. The Labute approximate surface area is 170 Å². The Balaban J connectivity index is 1.97. The van der Waals surface area contributed by atoms with Crippen molar-refractivity contribution in [2.24, 2.45) is 5.41 Å². The minimum atomic E-state index is -0.880. The lowest BCUT2D eigenvalue weighted by Gasteiger charge is -2.42. The number of benzene rings is 1. The van der Waals surface area contributed by atoms with E-state index in [0.717, 1.165) is 12.0 Å². The van der Waals surface area contributed by atoms with E-state index in [1.54, 1.807) is 0 Å². The second kappa shape index (κ2) is 7.21. The average molecular weight is 381 g/mol. The van der Waals surface area contributed by atoms with Gasteiger partial charge in [-0.05, 0) is 77.0 Å². The molecule has 1 aromatic carbocycles. The molecule has 2 heteroatoms. The topological polar surface area (TPSA) is 37.3 Å². The number of hydrogen-bond donors (Lipinski definition) is 1. The van der Waals surface area contributed by atoms with Crippen LogP contribution in [0.4, 0.5) is 0 Å². The highest BCUT2D eigenvalue weighted by atomic mass is 16.4. The Hall–Kier alpha value is -1.83. The van der Waals surface area contributed by atoms with Crippen LogP contribution in [-0.2, 0) is 15.6 Å². The highest BCUT2D eigenvalue weighted by Gasteiger charge is 2.40. The van der Waals surface area contributed by atoms with Gasteiger partial charge in [0.25, 0.3) is 0 Å². The van der Waals surface area contributed by atoms with Crippen molar-refractivity contribution in [3.63, 3.8) is 0 Å². The van der Waals surface area contributed by atoms with E-state index in [1.165, 1.54) is 48.4 Å². The fraction of sp³-hybridized carbons (Fsp3) is 0.577. The number of aliphatic carboxylic acids is 1. The zero-order valence-corrected chi connectivity index (χ0v) is 18.4. The Morgan fingerprint density at radius 2 is 1.68 bits per heavy atom. The number of carboxylic acid groups (broad SMARTS) is 1. The molecule has 2 aliphatic carbocycles. The summed E-state index contributed by atoms with van der Waals surface area (Å²) in [5.41, 5.74) is 5.86. The summed E-state index contributed by atoms with van der Waals surface area (Å²) in [5, 5.41) is 8.96. The molecule has 1 aromatic rings. The van der Waals surface area contributed by atoms with Crippen molar-refractivity contribution in [3.05, 3.63) is 58.7 Å². The van der Waals surface area contributed by atoms with Crippen LogP contribution in [0.15, 0.2) is 42.0 Å². The summed E-state index contributed by atoms with van der Waals surface area (Å²) in [6.07, 6.45) is 11.6. The molecular weight excluding hydrogens is 344 g/mol. The molecule has 1 saturated carbocycles. The summed E-state index contributed by atoms with van der Waals surface area (Å²) < 4.78 is 0. The van der Waals surface area contributed by atoms with Gasteiger partial charge in [0.2, 0.25) is 0 Å². The lowest BCUT2D eigenvalue weighted by molar-refractivity contribution is -0.131. The molecule has 0 bridgehead atoms. The molecule has 0 spiro atoms. The van der Waals surface area contributed by atoms with Gasteiger partial charge < -0.3 is 5.11 Å². The molecule has 0 amide bonds. The van der Waals surface area contributed by atoms with Gasteiger partial charge in [0.05, 0.1) is 0 Å². The van der Waals surface area contributed by atoms with Gasteiger partial charge in [0, 0.05) is 6.08 Å². The van der Waals surface area contributed by atoms with E-state index in [0.29, 0.717) is 5.92 Å². The summed E-state index contributed by atoms with van der Waals surface area (Å²) in [6.45, 7) is 13.7. The molecule has 3 rings (SSSR count). The molecule has 0 radical (unpaired) electrons. The molecule has 0 aromatic heterocycles. The lowest BCUT2D eigenvalue weighted by atomic mass is 9.62. The number of carboxylic acids is 1. The molecule has 2 nitrogen and oxygen atoms in total. The number of hydrogen-bond acceptors (Lipinski definition) is 1.